The van der Waals surface area contributed by atoms with Crippen LogP contribution in [0.2, 0.25) is 5.02 Å². The van der Waals surface area contributed by atoms with Crippen LogP contribution in [0.1, 0.15) is 59.8 Å². The molecule has 0 fully saturated rings. The number of aryl methyl sites for hydroxylation is 1. The minimum absolute atomic E-state index is 0.0525. The molecule has 5 rings (SSSR count). The molecule has 0 radical (unpaired) electrons. The van der Waals surface area contributed by atoms with Crippen molar-refractivity contribution in [2.75, 3.05) is 12.0 Å². The van der Waals surface area contributed by atoms with Crippen molar-refractivity contribution in [2.45, 2.75) is 51.2 Å². The zero-order valence-corrected chi connectivity index (χ0v) is 21.5. The highest BCUT2D eigenvalue weighted by molar-refractivity contribution is 6.31. The monoisotopic (exact) mass is 505 g/mol. The van der Waals surface area contributed by atoms with Crippen LogP contribution in [0.3, 0.4) is 0 Å². The predicted octanol–water partition coefficient (Wildman–Crippen LogP) is 6.00. The molecule has 2 aliphatic rings. The van der Waals surface area contributed by atoms with Gasteiger partial charge in [0.05, 0.1) is 24.6 Å². The van der Waals surface area contributed by atoms with E-state index in [9.17, 15) is 14.7 Å². The van der Waals surface area contributed by atoms with Crippen LogP contribution in [0.5, 0.6) is 11.5 Å². The molecule has 1 N–H and O–H groups in total. The first-order valence-corrected chi connectivity index (χ1v) is 12.3. The van der Waals surface area contributed by atoms with Crippen molar-refractivity contribution in [1.29, 1.82) is 0 Å². The van der Waals surface area contributed by atoms with Crippen molar-refractivity contribution >= 4 is 29.2 Å². The Morgan fingerprint density at radius 2 is 1.92 bits per heavy atom. The second-order valence-electron chi connectivity index (χ2n) is 10.2. The molecule has 2 heterocycles. The third kappa shape index (κ3) is 3.80. The molecule has 3 aromatic rings. The summed E-state index contributed by atoms with van der Waals surface area (Å²) in [4.78, 5) is 27.8. The smallest absolute Gasteiger partial charge is 0.336 e. The molecule has 36 heavy (non-hydrogen) atoms. The SMILES string of the molecule is COc1cccc(C(=O)O)c1CN1C(=O)C(C)(c2ccc3c(c2)CCC(C)(C)O3)c2cc(Cl)ccc21. The number of fused-ring (bicyclic) bond motifs is 2. The van der Waals surface area contributed by atoms with E-state index in [2.05, 4.69) is 19.9 Å². The minimum Gasteiger partial charge on any atom is -0.496 e. The van der Waals surface area contributed by atoms with E-state index in [0.29, 0.717) is 22.0 Å². The fraction of sp³-hybridized carbons (Fsp3) is 0.310. The minimum atomic E-state index is -1.08. The summed E-state index contributed by atoms with van der Waals surface area (Å²) < 4.78 is 11.6. The Bertz CT molecular complexity index is 1400. The Morgan fingerprint density at radius 1 is 1.14 bits per heavy atom. The van der Waals surface area contributed by atoms with Crippen LogP contribution in [0.25, 0.3) is 0 Å². The number of hydrogen-bond acceptors (Lipinski definition) is 4. The van der Waals surface area contributed by atoms with E-state index < -0.39 is 11.4 Å². The lowest BCUT2D eigenvalue weighted by Crippen LogP contribution is -2.39. The highest BCUT2D eigenvalue weighted by atomic mass is 35.5. The second kappa shape index (κ2) is 8.56. The zero-order valence-electron chi connectivity index (χ0n) is 20.7. The number of nitrogens with zero attached hydrogens (tertiary/aromatic N) is 1. The number of anilines is 1. The van der Waals surface area contributed by atoms with E-state index in [0.717, 1.165) is 35.3 Å². The molecule has 0 spiro atoms. The molecular formula is C29H28ClNO5. The Labute approximate surface area is 215 Å². The lowest BCUT2D eigenvalue weighted by molar-refractivity contribution is -0.121. The first-order valence-electron chi connectivity index (χ1n) is 11.9. The van der Waals surface area contributed by atoms with E-state index in [-0.39, 0.29) is 23.6 Å². The average molecular weight is 506 g/mol. The van der Waals surface area contributed by atoms with Crippen LogP contribution in [-0.2, 0) is 23.2 Å². The summed E-state index contributed by atoms with van der Waals surface area (Å²) in [7, 11) is 1.49. The van der Waals surface area contributed by atoms with Gasteiger partial charge in [-0.3, -0.25) is 4.79 Å². The van der Waals surface area contributed by atoms with E-state index in [1.54, 1.807) is 23.1 Å². The molecule has 2 aliphatic heterocycles. The number of aromatic carboxylic acids is 1. The van der Waals surface area contributed by atoms with Crippen molar-refractivity contribution < 1.29 is 24.2 Å². The number of rotatable bonds is 5. The summed E-state index contributed by atoms with van der Waals surface area (Å²) in [6, 6.07) is 16.2. The molecule has 1 unspecified atom stereocenters. The van der Waals surface area contributed by atoms with Crippen molar-refractivity contribution in [1.82, 2.24) is 0 Å². The van der Waals surface area contributed by atoms with E-state index in [1.807, 2.05) is 31.2 Å². The van der Waals surface area contributed by atoms with Gasteiger partial charge in [0.15, 0.2) is 0 Å². The Balaban J connectivity index is 1.62. The Hall–Kier alpha value is -3.51. The van der Waals surface area contributed by atoms with Gasteiger partial charge in [-0.05, 0) is 86.7 Å². The fourth-order valence-electron chi connectivity index (χ4n) is 5.32. The maximum absolute atomic E-state index is 14.2. The molecule has 186 valence electrons. The fourth-order valence-corrected chi connectivity index (χ4v) is 5.49. The molecule has 3 aromatic carbocycles. The van der Waals surface area contributed by atoms with Gasteiger partial charge in [-0.15, -0.1) is 0 Å². The zero-order chi connectivity index (χ0) is 25.8. The Kier molecular flexibility index (Phi) is 5.75. The molecule has 0 saturated carbocycles. The van der Waals surface area contributed by atoms with Crippen LogP contribution < -0.4 is 14.4 Å². The average Bonchev–Trinajstić information content (AvgIpc) is 3.05. The van der Waals surface area contributed by atoms with Crippen molar-refractivity contribution in [3.05, 3.63) is 87.4 Å². The third-order valence-electron chi connectivity index (χ3n) is 7.38. The Morgan fingerprint density at radius 3 is 2.64 bits per heavy atom. The normalized spacial score (nSPS) is 19.9. The van der Waals surface area contributed by atoms with E-state index in [1.165, 1.54) is 13.2 Å². The maximum atomic E-state index is 14.2. The first-order chi connectivity index (χ1) is 17.0. The number of carbonyl (C=O) groups is 2. The highest BCUT2D eigenvalue weighted by Gasteiger charge is 2.49. The number of ether oxygens (including phenoxy) is 2. The van der Waals surface area contributed by atoms with Gasteiger partial charge in [0.25, 0.3) is 0 Å². The van der Waals surface area contributed by atoms with Crippen LogP contribution in [0, 0.1) is 0 Å². The van der Waals surface area contributed by atoms with Gasteiger partial charge in [0.1, 0.15) is 17.1 Å². The molecule has 0 aliphatic carbocycles. The lowest BCUT2D eigenvalue weighted by atomic mass is 9.76. The standard InChI is InChI=1S/C29H28ClNO5/c1-28(2)13-12-17-14-18(8-11-24(17)36-28)29(3)22-15-19(30)9-10-23(22)31(27(29)34)16-21-20(26(32)33)6-5-7-25(21)35-4/h5-11,14-15H,12-13,16H2,1-4H3,(H,32,33). The molecular weight excluding hydrogens is 478 g/mol. The van der Waals surface area contributed by atoms with Crippen LogP contribution in [0.15, 0.2) is 54.6 Å². The van der Waals surface area contributed by atoms with Crippen molar-refractivity contribution in [2.24, 2.45) is 0 Å². The number of carbonyl (C=O) groups excluding carboxylic acids is 1. The van der Waals surface area contributed by atoms with Crippen LogP contribution >= 0.6 is 11.6 Å². The molecule has 7 heteroatoms. The summed E-state index contributed by atoms with van der Waals surface area (Å²) in [5.41, 5.74) is 2.70. The highest BCUT2D eigenvalue weighted by Crippen LogP contribution is 2.49. The molecule has 6 nitrogen and oxygen atoms in total. The number of carboxylic acid groups (broad SMARTS) is 1. The first kappa shape index (κ1) is 24.2. The summed E-state index contributed by atoms with van der Waals surface area (Å²) in [6.45, 7) is 6.10. The molecule has 1 atom stereocenters. The number of carboxylic acids is 1. The lowest BCUT2D eigenvalue weighted by Gasteiger charge is -2.34. The topological polar surface area (TPSA) is 76.1 Å². The molecule has 1 amide bonds. The van der Waals surface area contributed by atoms with Gasteiger partial charge in [-0.1, -0.05) is 29.8 Å². The summed E-state index contributed by atoms with van der Waals surface area (Å²) in [6.07, 6.45) is 1.74. The predicted molar refractivity (Wildman–Crippen MR) is 139 cm³/mol. The van der Waals surface area contributed by atoms with Crippen LogP contribution in [-0.4, -0.2) is 29.7 Å². The van der Waals surface area contributed by atoms with Gasteiger partial charge in [0, 0.05) is 16.3 Å². The van der Waals surface area contributed by atoms with Crippen LogP contribution in [0.4, 0.5) is 5.69 Å². The van der Waals surface area contributed by atoms with Crippen molar-refractivity contribution in [3.63, 3.8) is 0 Å². The summed E-state index contributed by atoms with van der Waals surface area (Å²) in [5.74, 6) is 0.0268. The molecule has 0 saturated heterocycles. The maximum Gasteiger partial charge on any atom is 0.336 e. The number of halogens is 1. The van der Waals surface area contributed by atoms with Gasteiger partial charge in [0.2, 0.25) is 5.91 Å². The van der Waals surface area contributed by atoms with Gasteiger partial charge < -0.3 is 19.5 Å². The van der Waals surface area contributed by atoms with E-state index in [4.69, 9.17) is 21.1 Å². The van der Waals surface area contributed by atoms with E-state index >= 15 is 0 Å². The third-order valence-corrected chi connectivity index (χ3v) is 7.62. The quantitative estimate of drug-likeness (QED) is 0.460. The largest absolute Gasteiger partial charge is 0.496 e. The number of methoxy groups -OCH3 is 1. The number of amides is 1. The van der Waals surface area contributed by atoms with Crippen molar-refractivity contribution in [3.8, 4) is 11.5 Å². The summed E-state index contributed by atoms with van der Waals surface area (Å²) in [5, 5.41) is 10.3. The number of hydrogen-bond donors (Lipinski definition) is 1. The number of benzene rings is 3. The van der Waals surface area contributed by atoms with Gasteiger partial charge >= 0.3 is 5.97 Å². The molecule has 0 aromatic heterocycles. The van der Waals surface area contributed by atoms with Gasteiger partial charge in [-0.25, -0.2) is 4.79 Å². The van der Waals surface area contributed by atoms with Gasteiger partial charge in [-0.2, -0.15) is 0 Å². The molecule has 0 bridgehead atoms. The summed E-state index contributed by atoms with van der Waals surface area (Å²) >= 11 is 6.41. The second-order valence-corrected chi connectivity index (χ2v) is 10.6.